The molecule has 0 saturated heterocycles. The van der Waals surface area contributed by atoms with Crippen LogP contribution < -0.4 is 5.32 Å². The SMILES string of the molecule is C=CCCCN(C)Cc1cc(CNC(C)(C)C)sc1C. The lowest BCUT2D eigenvalue weighted by Crippen LogP contribution is -2.34. The summed E-state index contributed by atoms with van der Waals surface area (Å²) in [6.45, 7) is 15.8. The van der Waals surface area contributed by atoms with Gasteiger partial charge in [-0.15, -0.1) is 17.9 Å². The third kappa shape index (κ3) is 6.69. The quantitative estimate of drug-likeness (QED) is 0.566. The highest BCUT2D eigenvalue weighted by Crippen LogP contribution is 2.23. The molecule has 0 atom stereocenters. The van der Waals surface area contributed by atoms with Crippen LogP contribution in [0, 0.1) is 6.92 Å². The molecular weight excluding hydrogens is 264 g/mol. The van der Waals surface area contributed by atoms with E-state index in [0.717, 1.165) is 26.1 Å². The molecule has 0 aliphatic rings. The normalized spacial score (nSPS) is 12.1. The van der Waals surface area contributed by atoms with Crippen molar-refractivity contribution in [3.63, 3.8) is 0 Å². The fourth-order valence-corrected chi connectivity index (χ4v) is 3.05. The van der Waals surface area contributed by atoms with E-state index >= 15 is 0 Å². The predicted octanol–water partition coefficient (Wildman–Crippen LogP) is 4.34. The molecular formula is C17H30N2S. The Bertz CT molecular complexity index is 415. The van der Waals surface area contributed by atoms with E-state index in [1.807, 2.05) is 17.4 Å². The van der Waals surface area contributed by atoms with Crippen molar-refractivity contribution in [1.82, 2.24) is 10.2 Å². The molecule has 1 heterocycles. The van der Waals surface area contributed by atoms with Crippen LogP contribution in [-0.4, -0.2) is 24.0 Å². The lowest BCUT2D eigenvalue weighted by molar-refractivity contribution is 0.323. The minimum Gasteiger partial charge on any atom is -0.307 e. The molecule has 0 fully saturated rings. The van der Waals surface area contributed by atoms with E-state index in [0.29, 0.717) is 0 Å². The van der Waals surface area contributed by atoms with E-state index in [4.69, 9.17) is 0 Å². The van der Waals surface area contributed by atoms with Gasteiger partial charge in [0.15, 0.2) is 0 Å². The maximum absolute atomic E-state index is 3.78. The van der Waals surface area contributed by atoms with Crippen LogP contribution >= 0.6 is 11.3 Å². The van der Waals surface area contributed by atoms with Crippen molar-refractivity contribution in [1.29, 1.82) is 0 Å². The summed E-state index contributed by atoms with van der Waals surface area (Å²) < 4.78 is 0. The van der Waals surface area contributed by atoms with Gasteiger partial charge in [0.05, 0.1) is 0 Å². The van der Waals surface area contributed by atoms with Crippen LogP contribution in [0.3, 0.4) is 0 Å². The van der Waals surface area contributed by atoms with E-state index < -0.39 is 0 Å². The molecule has 1 rings (SSSR count). The van der Waals surface area contributed by atoms with Gasteiger partial charge in [-0.25, -0.2) is 0 Å². The van der Waals surface area contributed by atoms with Crippen molar-refractivity contribution in [3.05, 3.63) is 34.0 Å². The van der Waals surface area contributed by atoms with Gasteiger partial charge in [0.25, 0.3) is 0 Å². The molecule has 0 unspecified atom stereocenters. The first-order valence-corrected chi connectivity index (χ1v) is 8.26. The second kappa shape index (κ2) is 7.96. The lowest BCUT2D eigenvalue weighted by atomic mass is 10.1. The van der Waals surface area contributed by atoms with Crippen LogP contribution in [0.5, 0.6) is 0 Å². The summed E-state index contributed by atoms with van der Waals surface area (Å²) >= 11 is 1.92. The highest BCUT2D eigenvalue weighted by Gasteiger charge is 2.12. The summed E-state index contributed by atoms with van der Waals surface area (Å²) in [7, 11) is 2.20. The Hall–Kier alpha value is -0.640. The standard InChI is InChI=1S/C17H30N2S/c1-7-8-9-10-19(6)13-15-11-16(20-14(15)2)12-18-17(3,4)5/h7,11,18H,1,8-10,12-13H2,2-6H3. The largest absolute Gasteiger partial charge is 0.307 e. The molecule has 3 heteroatoms. The van der Waals surface area contributed by atoms with Crippen LogP contribution in [0.1, 0.15) is 48.9 Å². The molecule has 0 radical (unpaired) electrons. The molecule has 20 heavy (non-hydrogen) atoms. The van der Waals surface area contributed by atoms with E-state index in [1.165, 1.54) is 21.7 Å². The van der Waals surface area contributed by atoms with Gasteiger partial charge in [-0.3, -0.25) is 0 Å². The van der Waals surface area contributed by atoms with Gasteiger partial charge in [0.2, 0.25) is 0 Å². The van der Waals surface area contributed by atoms with Crippen LogP contribution in [0.4, 0.5) is 0 Å². The highest BCUT2D eigenvalue weighted by atomic mass is 32.1. The number of nitrogens with zero attached hydrogens (tertiary/aromatic N) is 1. The minimum atomic E-state index is 0.180. The molecule has 0 bridgehead atoms. The van der Waals surface area contributed by atoms with Gasteiger partial charge in [0, 0.05) is 28.4 Å². The van der Waals surface area contributed by atoms with Crippen molar-refractivity contribution in [3.8, 4) is 0 Å². The first kappa shape index (κ1) is 17.4. The number of nitrogens with one attached hydrogen (secondary N) is 1. The number of hydrogen-bond acceptors (Lipinski definition) is 3. The molecule has 0 aliphatic heterocycles. The molecule has 0 aromatic carbocycles. The Morgan fingerprint density at radius 2 is 2.10 bits per heavy atom. The summed E-state index contributed by atoms with van der Waals surface area (Å²) in [5.74, 6) is 0. The van der Waals surface area contributed by atoms with Crippen molar-refractivity contribution in [2.75, 3.05) is 13.6 Å². The molecule has 114 valence electrons. The smallest absolute Gasteiger partial charge is 0.0304 e. The van der Waals surface area contributed by atoms with Gasteiger partial charge < -0.3 is 10.2 Å². The Labute approximate surface area is 128 Å². The number of unbranched alkanes of at least 4 members (excludes halogenated alkanes) is 1. The zero-order chi connectivity index (χ0) is 15.2. The summed E-state index contributed by atoms with van der Waals surface area (Å²) in [4.78, 5) is 5.29. The summed E-state index contributed by atoms with van der Waals surface area (Å²) in [5, 5.41) is 3.56. The number of aryl methyl sites for hydroxylation is 1. The Balaban J connectivity index is 2.50. The second-order valence-electron chi connectivity index (χ2n) is 6.57. The molecule has 0 aliphatic carbocycles. The van der Waals surface area contributed by atoms with E-state index in [1.54, 1.807) is 0 Å². The summed E-state index contributed by atoms with van der Waals surface area (Å²) in [6, 6.07) is 2.36. The lowest BCUT2D eigenvalue weighted by Gasteiger charge is -2.19. The highest BCUT2D eigenvalue weighted by molar-refractivity contribution is 7.12. The third-order valence-corrected chi connectivity index (χ3v) is 4.35. The molecule has 1 aromatic heterocycles. The zero-order valence-electron chi connectivity index (χ0n) is 13.8. The van der Waals surface area contributed by atoms with E-state index in [9.17, 15) is 0 Å². The first-order chi connectivity index (χ1) is 9.31. The second-order valence-corrected chi connectivity index (χ2v) is 7.91. The fraction of sp³-hybridized carbons (Fsp3) is 0.647. The van der Waals surface area contributed by atoms with Gasteiger partial charge in [0.1, 0.15) is 0 Å². The Morgan fingerprint density at radius 3 is 2.70 bits per heavy atom. The van der Waals surface area contributed by atoms with Crippen LogP contribution in [0.2, 0.25) is 0 Å². The van der Waals surface area contributed by atoms with Crippen molar-refractivity contribution in [2.24, 2.45) is 0 Å². The van der Waals surface area contributed by atoms with Crippen molar-refractivity contribution >= 4 is 11.3 Å². The van der Waals surface area contributed by atoms with Gasteiger partial charge in [-0.1, -0.05) is 6.08 Å². The van der Waals surface area contributed by atoms with Crippen LogP contribution in [0.15, 0.2) is 18.7 Å². The molecule has 2 nitrogen and oxygen atoms in total. The Morgan fingerprint density at radius 1 is 1.40 bits per heavy atom. The number of allylic oxidation sites excluding steroid dienone is 1. The van der Waals surface area contributed by atoms with Crippen molar-refractivity contribution in [2.45, 2.75) is 59.2 Å². The van der Waals surface area contributed by atoms with Gasteiger partial charge in [-0.05, 0) is 65.8 Å². The summed E-state index contributed by atoms with van der Waals surface area (Å²) in [6.07, 6.45) is 4.30. The molecule has 0 amide bonds. The van der Waals surface area contributed by atoms with Crippen LogP contribution in [0.25, 0.3) is 0 Å². The fourth-order valence-electron chi connectivity index (χ4n) is 2.06. The van der Waals surface area contributed by atoms with Crippen LogP contribution in [-0.2, 0) is 13.1 Å². The van der Waals surface area contributed by atoms with Gasteiger partial charge >= 0.3 is 0 Å². The van der Waals surface area contributed by atoms with E-state index in [2.05, 4.69) is 57.6 Å². The average Bonchev–Trinajstić information content (AvgIpc) is 2.67. The number of thiophene rings is 1. The third-order valence-electron chi connectivity index (χ3n) is 3.25. The Kier molecular flexibility index (Phi) is 6.93. The maximum atomic E-state index is 3.78. The molecule has 1 aromatic rings. The zero-order valence-corrected chi connectivity index (χ0v) is 14.6. The minimum absolute atomic E-state index is 0.180. The number of rotatable bonds is 8. The predicted molar refractivity (Wildman–Crippen MR) is 91.4 cm³/mol. The first-order valence-electron chi connectivity index (χ1n) is 7.44. The van der Waals surface area contributed by atoms with E-state index in [-0.39, 0.29) is 5.54 Å². The molecule has 1 N–H and O–H groups in total. The maximum Gasteiger partial charge on any atom is 0.0304 e. The summed E-state index contributed by atoms with van der Waals surface area (Å²) in [5.41, 5.74) is 1.65. The topological polar surface area (TPSA) is 15.3 Å². The van der Waals surface area contributed by atoms with Crippen molar-refractivity contribution < 1.29 is 0 Å². The average molecular weight is 295 g/mol. The molecule has 0 spiro atoms. The molecule has 0 saturated carbocycles. The number of hydrogen-bond donors (Lipinski definition) is 1. The van der Waals surface area contributed by atoms with Gasteiger partial charge in [-0.2, -0.15) is 0 Å². The monoisotopic (exact) mass is 294 g/mol.